The molecule has 44 heavy (non-hydrogen) atoms. The first-order chi connectivity index (χ1) is 21.1. The molecule has 0 aliphatic heterocycles. The molecular formula is C35H39Cl2N3O4. The molecule has 9 heteroatoms. The van der Waals surface area contributed by atoms with Gasteiger partial charge in [0.15, 0.2) is 6.10 Å². The summed E-state index contributed by atoms with van der Waals surface area (Å²) < 4.78 is 5.79. The molecule has 0 aromatic heterocycles. The lowest BCUT2D eigenvalue weighted by atomic mass is 10.0. The third-order valence-corrected chi connectivity index (χ3v) is 7.96. The van der Waals surface area contributed by atoms with E-state index in [0.717, 1.165) is 23.1 Å². The third-order valence-electron chi connectivity index (χ3n) is 7.33. The van der Waals surface area contributed by atoms with Gasteiger partial charge in [0, 0.05) is 18.6 Å². The number of nitrogen functional groups attached to an aromatic ring is 1. The lowest BCUT2D eigenvalue weighted by Crippen LogP contribution is -2.37. The van der Waals surface area contributed by atoms with E-state index >= 15 is 0 Å². The maximum atomic E-state index is 12.7. The summed E-state index contributed by atoms with van der Waals surface area (Å²) in [7, 11) is 0. The average molecular weight is 637 g/mol. The highest BCUT2D eigenvalue weighted by Crippen LogP contribution is 2.31. The van der Waals surface area contributed by atoms with Gasteiger partial charge in [-0.3, -0.25) is 4.79 Å². The molecule has 0 aliphatic carbocycles. The van der Waals surface area contributed by atoms with Crippen LogP contribution in [0, 0.1) is 0 Å². The molecule has 0 bridgehead atoms. The van der Waals surface area contributed by atoms with Crippen LogP contribution < -0.4 is 21.1 Å². The molecule has 232 valence electrons. The van der Waals surface area contributed by atoms with Crippen molar-refractivity contribution in [1.82, 2.24) is 10.6 Å². The fraction of sp³-hybridized carbons (Fsp3) is 0.286. The number of halogens is 2. The Balaban J connectivity index is 1.20. The molecule has 1 unspecified atom stereocenters. The van der Waals surface area contributed by atoms with Crippen molar-refractivity contribution in [3.63, 3.8) is 0 Å². The predicted molar refractivity (Wildman–Crippen MR) is 177 cm³/mol. The van der Waals surface area contributed by atoms with Crippen molar-refractivity contribution in [2.45, 2.75) is 57.6 Å². The minimum Gasteiger partial charge on any atom is -0.489 e. The van der Waals surface area contributed by atoms with Gasteiger partial charge in [0.25, 0.3) is 5.91 Å². The number of nitrogens with one attached hydrogen (secondary N) is 2. The Labute approximate surface area is 269 Å². The van der Waals surface area contributed by atoms with Crippen LogP contribution in [0.4, 0.5) is 5.69 Å². The minimum atomic E-state index is -1.27. The monoisotopic (exact) mass is 635 g/mol. The number of aliphatic hydroxyl groups is 2. The SMILES string of the molecule is C[C@H](Cc1ccc(C[C@@H](C)NC(=O)[C@H](O)c2ccc(OCc3ccccc3)cc2)cc1)NCC(O)c1cc(Cl)c(N)c(Cl)c1. The van der Waals surface area contributed by atoms with Crippen molar-refractivity contribution in [3.05, 3.63) is 129 Å². The summed E-state index contributed by atoms with van der Waals surface area (Å²) in [5.41, 5.74) is 10.5. The van der Waals surface area contributed by atoms with Gasteiger partial charge < -0.3 is 31.3 Å². The highest BCUT2D eigenvalue weighted by atomic mass is 35.5. The summed E-state index contributed by atoms with van der Waals surface area (Å²) in [5.74, 6) is 0.219. The van der Waals surface area contributed by atoms with Crippen LogP contribution in [0.2, 0.25) is 10.0 Å². The summed E-state index contributed by atoms with van der Waals surface area (Å²) >= 11 is 12.2. The first-order valence-electron chi connectivity index (χ1n) is 14.6. The molecule has 4 rings (SSSR count). The number of hydrogen-bond acceptors (Lipinski definition) is 6. The van der Waals surface area contributed by atoms with Crippen molar-refractivity contribution < 1.29 is 19.7 Å². The summed E-state index contributed by atoms with van der Waals surface area (Å²) in [6, 6.07) is 28.2. The average Bonchev–Trinajstić information content (AvgIpc) is 3.02. The molecular weight excluding hydrogens is 597 g/mol. The molecule has 0 fully saturated rings. The minimum absolute atomic E-state index is 0.111. The fourth-order valence-electron chi connectivity index (χ4n) is 4.83. The summed E-state index contributed by atoms with van der Waals surface area (Å²) in [6.07, 6.45) is -0.656. The van der Waals surface area contributed by atoms with Gasteiger partial charge in [-0.25, -0.2) is 0 Å². The van der Waals surface area contributed by atoms with Crippen LogP contribution in [0.3, 0.4) is 0 Å². The van der Waals surface area contributed by atoms with Crippen LogP contribution in [0.5, 0.6) is 5.75 Å². The number of aliphatic hydroxyl groups excluding tert-OH is 2. The van der Waals surface area contributed by atoms with E-state index in [1.807, 2.05) is 49.4 Å². The Kier molecular flexibility index (Phi) is 12.1. The molecule has 7 nitrogen and oxygen atoms in total. The maximum Gasteiger partial charge on any atom is 0.253 e. The van der Waals surface area contributed by atoms with Gasteiger partial charge in [-0.2, -0.15) is 0 Å². The van der Waals surface area contributed by atoms with E-state index in [4.69, 9.17) is 33.7 Å². The smallest absolute Gasteiger partial charge is 0.253 e. The Bertz CT molecular complexity index is 1480. The molecule has 0 saturated heterocycles. The van der Waals surface area contributed by atoms with Crippen molar-refractivity contribution in [2.24, 2.45) is 0 Å². The number of ether oxygens (including phenoxy) is 1. The second-order valence-corrected chi connectivity index (χ2v) is 11.9. The quantitative estimate of drug-likeness (QED) is 0.106. The Morgan fingerprint density at radius 2 is 1.36 bits per heavy atom. The summed E-state index contributed by atoms with van der Waals surface area (Å²) in [4.78, 5) is 12.7. The normalized spacial score (nSPS) is 14.0. The lowest BCUT2D eigenvalue weighted by molar-refractivity contribution is -0.130. The first kappa shape index (κ1) is 33.3. The summed E-state index contributed by atoms with van der Waals surface area (Å²) in [5, 5.41) is 28.1. The first-order valence-corrected chi connectivity index (χ1v) is 15.3. The maximum absolute atomic E-state index is 12.7. The number of hydrogen-bond donors (Lipinski definition) is 5. The molecule has 4 aromatic carbocycles. The number of nitrogens with two attached hydrogens (primary N) is 1. The van der Waals surface area contributed by atoms with E-state index in [-0.39, 0.29) is 12.1 Å². The molecule has 6 N–H and O–H groups in total. The standard InChI is InChI=1S/C35H39Cl2N3O4/c1-22(39-20-32(41)28-18-30(36)33(38)31(37)19-28)16-24-8-10-25(11-9-24)17-23(2)40-35(43)34(42)27-12-14-29(15-13-27)44-21-26-6-4-3-5-7-26/h3-15,18-19,22-23,32,34,39,41-42H,16-17,20-21,38H2,1-2H3,(H,40,43)/t22-,23-,32?,34-/m1/s1. The summed E-state index contributed by atoms with van der Waals surface area (Å²) in [6.45, 7) is 4.75. The Hall–Kier alpha value is -3.59. The van der Waals surface area contributed by atoms with Gasteiger partial charge in [0.2, 0.25) is 0 Å². The molecule has 4 atom stereocenters. The van der Waals surface area contributed by atoms with E-state index in [9.17, 15) is 15.0 Å². The van der Waals surface area contributed by atoms with Crippen LogP contribution in [0.25, 0.3) is 0 Å². The van der Waals surface area contributed by atoms with Crippen LogP contribution in [0.1, 0.15) is 53.9 Å². The van der Waals surface area contributed by atoms with E-state index in [0.29, 0.717) is 52.2 Å². The third kappa shape index (κ3) is 9.71. The van der Waals surface area contributed by atoms with Crippen molar-refractivity contribution >= 4 is 34.8 Å². The van der Waals surface area contributed by atoms with E-state index in [2.05, 4.69) is 29.7 Å². The molecule has 0 heterocycles. The number of amides is 1. The number of carbonyl (C=O) groups is 1. The van der Waals surface area contributed by atoms with Gasteiger partial charge in [-0.05, 0) is 78.8 Å². The van der Waals surface area contributed by atoms with Crippen molar-refractivity contribution in [2.75, 3.05) is 12.3 Å². The lowest BCUT2D eigenvalue weighted by Gasteiger charge is -2.19. The molecule has 4 aromatic rings. The topological polar surface area (TPSA) is 117 Å². The van der Waals surface area contributed by atoms with Crippen LogP contribution in [-0.4, -0.2) is 34.7 Å². The zero-order valence-electron chi connectivity index (χ0n) is 24.8. The van der Waals surface area contributed by atoms with Crippen molar-refractivity contribution in [3.8, 4) is 5.75 Å². The fourth-order valence-corrected chi connectivity index (χ4v) is 5.33. The second-order valence-electron chi connectivity index (χ2n) is 11.1. The molecule has 0 spiro atoms. The number of anilines is 1. The van der Waals surface area contributed by atoms with Gasteiger partial charge in [-0.15, -0.1) is 0 Å². The van der Waals surface area contributed by atoms with Crippen LogP contribution in [0.15, 0.2) is 91.0 Å². The number of carbonyl (C=O) groups excluding carboxylic acids is 1. The van der Waals surface area contributed by atoms with Gasteiger partial charge in [-0.1, -0.05) is 89.9 Å². The highest BCUT2D eigenvalue weighted by molar-refractivity contribution is 6.38. The van der Waals surface area contributed by atoms with E-state index in [1.54, 1.807) is 36.4 Å². The zero-order chi connectivity index (χ0) is 31.6. The van der Waals surface area contributed by atoms with Gasteiger partial charge >= 0.3 is 0 Å². The van der Waals surface area contributed by atoms with E-state index < -0.39 is 18.1 Å². The highest BCUT2D eigenvalue weighted by Gasteiger charge is 2.20. The van der Waals surface area contributed by atoms with Crippen LogP contribution >= 0.6 is 23.2 Å². The largest absolute Gasteiger partial charge is 0.489 e. The van der Waals surface area contributed by atoms with Crippen LogP contribution in [-0.2, 0) is 24.2 Å². The molecule has 0 saturated carbocycles. The predicted octanol–water partition coefficient (Wildman–Crippen LogP) is 6.19. The molecule has 1 amide bonds. The van der Waals surface area contributed by atoms with E-state index in [1.165, 1.54) is 0 Å². The number of rotatable bonds is 14. The van der Waals surface area contributed by atoms with Gasteiger partial charge in [0.1, 0.15) is 12.4 Å². The van der Waals surface area contributed by atoms with Crippen molar-refractivity contribution in [1.29, 1.82) is 0 Å². The Morgan fingerprint density at radius 3 is 1.95 bits per heavy atom. The number of benzene rings is 4. The molecule has 0 radical (unpaired) electrons. The second kappa shape index (κ2) is 15.9. The zero-order valence-corrected chi connectivity index (χ0v) is 26.4. The van der Waals surface area contributed by atoms with Gasteiger partial charge in [0.05, 0.1) is 21.8 Å². The Morgan fingerprint density at radius 1 is 0.795 bits per heavy atom. The molecule has 0 aliphatic rings.